The van der Waals surface area contributed by atoms with E-state index in [9.17, 15) is 17.6 Å². The molecule has 1 atom stereocenters. The van der Waals surface area contributed by atoms with E-state index in [4.69, 9.17) is 0 Å². The molecule has 1 aromatic heterocycles. The number of pyridine rings is 1. The minimum atomic E-state index is -3.54. The van der Waals surface area contributed by atoms with Gasteiger partial charge >= 0.3 is 0 Å². The van der Waals surface area contributed by atoms with Crippen LogP contribution in [0.4, 0.5) is 4.39 Å². The lowest BCUT2D eigenvalue weighted by Crippen LogP contribution is -2.33. The zero-order chi connectivity index (χ0) is 22.4. The van der Waals surface area contributed by atoms with Crippen LogP contribution < -0.4 is 0 Å². The standard InChI is InChI=1S/C22H28FN3O3S2/c1-17(22(27)25(2)16-18-8-7-9-19(23)14-18)30-21-11-10-20(15-24-21)31(28,29)26-12-5-3-4-6-13-26/h7-11,14-15,17H,3-6,12-13,16H2,1-2H3. The lowest BCUT2D eigenvalue weighted by atomic mass is 10.2. The minimum Gasteiger partial charge on any atom is -0.340 e. The van der Waals surface area contributed by atoms with E-state index in [-0.39, 0.29) is 16.6 Å². The number of sulfonamides is 1. The predicted octanol–water partition coefficient (Wildman–Crippen LogP) is 3.92. The summed E-state index contributed by atoms with van der Waals surface area (Å²) in [5.74, 6) is -0.447. The molecule has 9 heteroatoms. The van der Waals surface area contributed by atoms with Gasteiger partial charge in [-0.05, 0) is 49.6 Å². The van der Waals surface area contributed by atoms with Crippen LogP contribution in [0.25, 0.3) is 0 Å². The van der Waals surface area contributed by atoms with Gasteiger partial charge in [-0.15, -0.1) is 0 Å². The van der Waals surface area contributed by atoms with Crippen molar-refractivity contribution in [2.75, 3.05) is 20.1 Å². The average Bonchev–Trinajstić information content (AvgIpc) is 3.04. The van der Waals surface area contributed by atoms with Crippen LogP contribution >= 0.6 is 11.8 Å². The Morgan fingerprint density at radius 3 is 2.52 bits per heavy atom. The van der Waals surface area contributed by atoms with Crippen molar-refractivity contribution in [3.63, 3.8) is 0 Å². The molecular formula is C22H28FN3O3S2. The van der Waals surface area contributed by atoms with Crippen molar-refractivity contribution < 1.29 is 17.6 Å². The molecular weight excluding hydrogens is 437 g/mol. The van der Waals surface area contributed by atoms with Crippen molar-refractivity contribution in [1.29, 1.82) is 0 Å². The Hall–Kier alpha value is -1.97. The molecule has 0 radical (unpaired) electrons. The first-order chi connectivity index (χ1) is 14.8. The van der Waals surface area contributed by atoms with Gasteiger partial charge in [0, 0.05) is 32.9 Å². The number of halogens is 1. The van der Waals surface area contributed by atoms with Crippen LogP contribution in [-0.2, 0) is 21.4 Å². The minimum absolute atomic E-state index is 0.114. The first-order valence-corrected chi connectivity index (χ1v) is 12.7. The van der Waals surface area contributed by atoms with E-state index in [1.54, 1.807) is 43.1 Å². The number of carbonyl (C=O) groups excluding carboxylic acids is 1. The van der Waals surface area contributed by atoms with Crippen molar-refractivity contribution in [3.8, 4) is 0 Å². The fourth-order valence-corrected chi connectivity index (χ4v) is 5.92. The topological polar surface area (TPSA) is 70.6 Å². The zero-order valence-corrected chi connectivity index (χ0v) is 19.5. The number of hydrogen-bond acceptors (Lipinski definition) is 5. The van der Waals surface area contributed by atoms with Crippen LogP contribution in [0.1, 0.15) is 38.2 Å². The van der Waals surface area contributed by atoms with Crippen LogP contribution in [0.3, 0.4) is 0 Å². The maximum absolute atomic E-state index is 13.4. The summed E-state index contributed by atoms with van der Waals surface area (Å²) < 4.78 is 40.6. The van der Waals surface area contributed by atoms with Crippen molar-refractivity contribution in [2.24, 2.45) is 0 Å². The SMILES string of the molecule is CC(Sc1ccc(S(=O)(=O)N2CCCCCC2)cn1)C(=O)N(C)Cc1cccc(F)c1. The van der Waals surface area contributed by atoms with Crippen LogP contribution in [0.15, 0.2) is 52.5 Å². The quantitative estimate of drug-likeness (QED) is 0.580. The number of aromatic nitrogens is 1. The molecule has 0 spiro atoms. The average molecular weight is 466 g/mol. The lowest BCUT2D eigenvalue weighted by Gasteiger charge is -2.21. The van der Waals surface area contributed by atoms with Gasteiger partial charge in [0.05, 0.1) is 10.3 Å². The van der Waals surface area contributed by atoms with Crippen molar-refractivity contribution >= 4 is 27.7 Å². The molecule has 1 unspecified atom stereocenters. The van der Waals surface area contributed by atoms with Crippen LogP contribution in [0.5, 0.6) is 0 Å². The number of thioether (sulfide) groups is 1. The number of nitrogens with zero attached hydrogens (tertiary/aromatic N) is 3. The van der Waals surface area contributed by atoms with E-state index in [0.29, 0.717) is 30.2 Å². The molecule has 1 fully saturated rings. The van der Waals surface area contributed by atoms with Crippen molar-refractivity contribution in [1.82, 2.24) is 14.2 Å². The molecule has 3 rings (SSSR count). The number of benzene rings is 1. The molecule has 31 heavy (non-hydrogen) atoms. The predicted molar refractivity (Wildman–Crippen MR) is 120 cm³/mol. The van der Waals surface area contributed by atoms with Crippen molar-refractivity contribution in [3.05, 3.63) is 54.0 Å². The van der Waals surface area contributed by atoms with Crippen LogP contribution in [0.2, 0.25) is 0 Å². The van der Waals surface area contributed by atoms with Gasteiger partial charge in [-0.25, -0.2) is 17.8 Å². The Morgan fingerprint density at radius 1 is 1.19 bits per heavy atom. The van der Waals surface area contributed by atoms with Gasteiger partial charge in [0.25, 0.3) is 0 Å². The van der Waals surface area contributed by atoms with Crippen LogP contribution in [-0.4, -0.2) is 53.9 Å². The highest BCUT2D eigenvalue weighted by Gasteiger charge is 2.26. The van der Waals surface area contributed by atoms with Gasteiger partial charge in [0.15, 0.2) is 0 Å². The third-order valence-electron chi connectivity index (χ3n) is 5.24. The van der Waals surface area contributed by atoms with E-state index in [2.05, 4.69) is 4.98 Å². The Bertz CT molecular complexity index is 991. The molecule has 1 aromatic carbocycles. The molecule has 0 saturated carbocycles. The van der Waals surface area contributed by atoms with E-state index < -0.39 is 15.3 Å². The maximum Gasteiger partial charge on any atom is 0.244 e. The summed E-state index contributed by atoms with van der Waals surface area (Å²) in [7, 11) is -1.87. The monoisotopic (exact) mass is 465 g/mol. The van der Waals surface area contributed by atoms with Gasteiger partial charge < -0.3 is 4.90 Å². The molecule has 168 valence electrons. The second kappa shape index (κ2) is 10.6. The molecule has 2 aromatic rings. The molecule has 1 amide bonds. The molecule has 1 aliphatic heterocycles. The summed E-state index contributed by atoms with van der Waals surface area (Å²) in [5.41, 5.74) is 0.717. The molecule has 0 N–H and O–H groups in total. The molecule has 6 nitrogen and oxygen atoms in total. The molecule has 1 aliphatic rings. The smallest absolute Gasteiger partial charge is 0.244 e. The van der Waals surface area contributed by atoms with Gasteiger partial charge in [0.2, 0.25) is 15.9 Å². The maximum atomic E-state index is 13.4. The zero-order valence-electron chi connectivity index (χ0n) is 17.8. The summed E-state index contributed by atoms with van der Waals surface area (Å²) >= 11 is 1.27. The van der Waals surface area contributed by atoms with Gasteiger partial charge in [-0.2, -0.15) is 4.31 Å². The largest absolute Gasteiger partial charge is 0.340 e. The molecule has 0 bridgehead atoms. The second-order valence-electron chi connectivity index (χ2n) is 7.73. The number of carbonyl (C=O) groups is 1. The van der Waals surface area contributed by atoms with Crippen LogP contribution in [0, 0.1) is 5.82 Å². The Morgan fingerprint density at radius 2 is 1.90 bits per heavy atom. The summed E-state index contributed by atoms with van der Waals surface area (Å²) in [6.07, 6.45) is 5.24. The lowest BCUT2D eigenvalue weighted by molar-refractivity contribution is -0.129. The molecule has 1 saturated heterocycles. The van der Waals surface area contributed by atoms with E-state index in [1.807, 2.05) is 0 Å². The van der Waals surface area contributed by atoms with Crippen molar-refractivity contribution in [2.45, 2.75) is 54.3 Å². The fourth-order valence-electron chi connectivity index (χ4n) is 3.55. The summed E-state index contributed by atoms with van der Waals surface area (Å²) in [6, 6.07) is 9.37. The Labute approximate surface area is 187 Å². The summed E-state index contributed by atoms with van der Waals surface area (Å²) in [5, 5.41) is 0.161. The number of hydrogen-bond donors (Lipinski definition) is 0. The van der Waals surface area contributed by atoms with Gasteiger partial charge in [-0.1, -0.05) is 36.7 Å². The molecule has 2 heterocycles. The third kappa shape index (κ3) is 6.27. The normalized spacial score (nSPS) is 16.5. The highest BCUT2D eigenvalue weighted by molar-refractivity contribution is 8.00. The fraction of sp³-hybridized carbons (Fsp3) is 0.455. The van der Waals surface area contributed by atoms with E-state index in [1.165, 1.54) is 34.4 Å². The Balaban J connectivity index is 1.61. The van der Waals surface area contributed by atoms with E-state index in [0.717, 1.165) is 25.7 Å². The van der Waals surface area contributed by atoms with Gasteiger partial charge in [0.1, 0.15) is 10.7 Å². The van der Waals surface area contributed by atoms with E-state index >= 15 is 0 Å². The Kier molecular flexibility index (Phi) is 8.07. The highest BCUT2D eigenvalue weighted by Crippen LogP contribution is 2.25. The summed E-state index contributed by atoms with van der Waals surface area (Å²) in [4.78, 5) is 18.7. The van der Waals surface area contributed by atoms with Gasteiger partial charge in [-0.3, -0.25) is 4.79 Å². The molecule has 0 aliphatic carbocycles. The first kappa shape index (κ1) is 23.7. The highest BCUT2D eigenvalue weighted by atomic mass is 32.2. The first-order valence-electron chi connectivity index (χ1n) is 10.4. The summed E-state index contributed by atoms with van der Waals surface area (Å²) in [6.45, 7) is 3.17. The second-order valence-corrected chi connectivity index (χ2v) is 11.0. The third-order valence-corrected chi connectivity index (χ3v) is 8.16. The number of rotatable bonds is 7. The number of amides is 1.